The number of ether oxygens (including phenoxy) is 1. The van der Waals surface area contributed by atoms with Gasteiger partial charge in [-0.1, -0.05) is 26.1 Å². The van der Waals surface area contributed by atoms with Crippen LogP contribution >= 0.6 is 12.2 Å². The molecular weight excluding hydrogens is 224 g/mol. The first kappa shape index (κ1) is 13.4. The fourth-order valence-corrected chi connectivity index (χ4v) is 2.25. The van der Waals surface area contributed by atoms with Gasteiger partial charge in [-0.05, 0) is 12.8 Å². The maximum absolute atomic E-state index is 12.2. The van der Waals surface area contributed by atoms with Crippen LogP contribution in [-0.2, 0) is 9.53 Å². The lowest BCUT2D eigenvalue weighted by Crippen LogP contribution is -2.52. The Morgan fingerprint density at radius 1 is 1.62 bits per heavy atom. The van der Waals surface area contributed by atoms with E-state index in [-0.39, 0.29) is 17.9 Å². The van der Waals surface area contributed by atoms with Crippen molar-refractivity contribution < 1.29 is 9.53 Å². The summed E-state index contributed by atoms with van der Waals surface area (Å²) < 4.78 is 5.37. The van der Waals surface area contributed by atoms with Gasteiger partial charge >= 0.3 is 0 Å². The molecule has 0 aliphatic carbocycles. The summed E-state index contributed by atoms with van der Waals surface area (Å²) >= 11 is 4.94. The van der Waals surface area contributed by atoms with Crippen LogP contribution in [0, 0.1) is 5.92 Å². The summed E-state index contributed by atoms with van der Waals surface area (Å²) in [4.78, 5) is 14.4. The summed E-state index contributed by atoms with van der Waals surface area (Å²) in [7, 11) is 0. The third-order valence-corrected chi connectivity index (χ3v) is 3.32. The Kier molecular flexibility index (Phi) is 5.15. The molecule has 1 heterocycles. The molecule has 0 radical (unpaired) electrons. The average Bonchev–Trinajstić information content (AvgIpc) is 2.29. The van der Waals surface area contributed by atoms with Crippen molar-refractivity contribution in [3.63, 3.8) is 0 Å². The molecule has 1 saturated heterocycles. The lowest BCUT2D eigenvalue weighted by molar-refractivity contribution is -0.142. The van der Waals surface area contributed by atoms with Gasteiger partial charge in [0.05, 0.1) is 30.2 Å². The average molecular weight is 244 g/mol. The molecule has 2 N–H and O–H groups in total. The van der Waals surface area contributed by atoms with Gasteiger partial charge in [-0.3, -0.25) is 4.79 Å². The van der Waals surface area contributed by atoms with Crippen LogP contribution in [0.15, 0.2) is 0 Å². The molecule has 1 amide bonds. The smallest absolute Gasteiger partial charge is 0.232 e. The topological polar surface area (TPSA) is 55.6 Å². The van der Waals surface area contributed by atoms with Crippen LogP contribution in [0.5, 0.6) is 0 Å². The molecule has 2 atom stereocenters. The second-order valence-electron chi connectivity index (χ2n) is 4.03. The van der Waals surface area contributed by atoms with E-state index < -0.39 is 0 Å². The Balaban J connectivity index is 2.73. The maximum Gasteiger partial charge on any atom is 0.232 e. The van der Waals surface area contributed by atoms with E-state index in [1.165, 1.54) is 0 Å². The van der Waals surface area contributed by atoms with Crippen LogP contribution in [0.3, 0.4) is 0 Å². The fourth-order valence-electron chi connectivity index (χ4n) is 1.98. The number of amides is 1. The molecule has 0 spiro atoms. The van der Waals surface area contributed by atoms with E-state index in [0.29, 0.717) is 31.2 Å². The standard InChI is InChI=1S/C11H20N2O2S/c1-3-8-7-15-6-5-13(8)11(14)9(4-2)10(12)16/h8-9H,3-7H2,1-2H3,(H2,12,16). The predicted octanol–water partition coefficient (Wildman–Crippen LogP) is 0.936. The summed E-state index contributed by atoms with van der Waals surface area (Å²) in [6, 6.07) is 0.171. The van der Waals surface area contributed by atoms with E-state index in [1.807, 2.05) is 11.8 Å². The molecular formula is C11H20N2O2S. The molecule has 2 unspecified atom stereocenters. The number of morpholine rings is 1. The summed E-state index contributed by atoms with van der Waals surface area (Å²) in [6.45, 7) is 5.87. The lowest BCUT2D eigenvalue weighted by atomic mass is 10.0. The Morgan fingerprint density at radius 3 is 2.81 bits per heavy atom. The molecule has 1 aliphatic heterocycles. The van der Waals surface area contributed by atoms with Crippen molar-refractivity contribution in [1.82, 2.24) is 4.90 Å². The number of rotatable bonds is 4. The number of nitrogens with zero attached hydrogens (tertiary/aromatic N) is 1. The number of thiocarbonyl (C=S) groups is 1. The highest BCUT2D eigenvalue weighted by atomic mass is 32.1. The van der Waals surface area contributed by atoms with Crippen molar-refractivity contribution in [2.24, 2.45) is 11.7 Å². The molecule has 1 aliphatic rings. The minimum atomic E-state index is -0.317. The highest BCUT2D eigenvalue weighted by Gasteiger charge is 2.31. The van der Waals surface area contributed by atoms with Crippen molar-refractivity contribution in [3.05, 3.63) is 0 Å². The number of hydrogen-bond acceptors (Lipinski definition) is 3. The zero-order valence-electron chi connectivity index (χ0n) is 9.94. The third kappa shape index (κ3) is 2.92. The van der Waals surface area contributed by atoms with Crippen molar-refractivity contribution in [2.45, 2.75) is 32.7 Å². The first-order chi connectivity index (χ1) is 7.61. The number of nitrogens with two attached hydrogens (primary N) is 1. The van der Waals surface area contributed by atoms with Crippen LogP contribution in [-0.4, -0.2) is 41.6 Å². The maximum atomic E-state index is 12.2. The van der Waals surface area contributed by atoms with E-state index in [0.717, 1.165) is 6.42 Å². The van der Waals surface area contributed by atoms with Gasteiger partial charge in [0.25, 0.3) is 0 Å². The first-order valence-corrected chi connectivity index (χ1v) is 6.20. The van der Waals surface area contributed by atoms with E-state index in [1.54, 1.807) is 0 Å². The van der Waals surface area contributed by atoms with Crippen LogP contribution < -0.4 is 5.73 Å². The van der Waals surface area contributed by atoms with Gasteiger partial charge in [0.2, 0.25) is 5.91 Å². The molecule has 0 aromatic carbocycles. The number of carbonyl (C=O) groups is 1. The molecule has 1 fully saturated rings. The Bertz CT molecular complexity index is 271. The van der Waals surface area contributed by atoms with Gasteiger partial charge in [-0.15, -0.1) is 0 Å². The highest BCUT2D eigenvalue weighted by molar-refractivity contribution is 7.80. The minimum absolute atomic E-state index is 0.0603. The van der Waals surface area contributed by atoms with E-state index >= 15 is 0 Å². The Hall–Kier alpha value is -0.680. The SMILES string of the molecule is CCC(C(=O)N1CCOCC1CC)C(N)=S. The molecule has 0 saturated carbocycles. The normalized spacial score (nSPS) is 22.9. The van der Waals surface area contributed by atoms with Crippen LogP contribution in [0.25, 0.3) is 0 Å². The quantitative estimate of drug-likeness (QED) is 0.748. The predicted molar refractivity (Wildman–Crippen MR) is 67.2 cm³/mol. The summed E-state index contributed by atoms with van der Waals surface area (Å²) in [5.74, 6) is -0.257. The molecule has 0 aromatic heterocycles. The van der Waals surface area contributed by atoms with Crippen molar-refractivity contribution in [1.29, 1.82) is 0 Å². The molecule has 92 valence electrons. The molecule has 4 nitrogen and oxygen atoms in total. The minimum Gasteiger partial charge on any atom is -0.393 e. The van der Waals surface area contributed by atoms with Gasteiger partial charge in [0.15, 0.2) is 0 Å². The van der Waals surface area contributed by atoms with Crippen molar-refractivity contribution in [2.75, 3.05) is 19.8 Å². The lowest BCUT2D eigenvalue weighted by Gasteiger charge is -2.37. The van der Waals surface area contributed by atoms with Crippen molar-refractivity contribution in [3.8, 4) is 0 Å². The van der Waals surface area contributed by atoms with Crippen LogP contribution in [0.2, 0.25) is 0 Å². The zero-order chi connectivity index (χ0) is 12.1. The molecule has 0 aromatic rings. The van der Waals surface area contributed by atoms with Gasteiger partial charge < -0.3 is 15.4 Å². The third-order valence-electron chi connectivity index (χ3n) is 3.03. The monoisotopic (exact) mass is 244 g/mol. The summed E-state index contributed by atoms with van der Waals surface area (Å²) in [5, 5.41) is 0. The second-order valence-corrected chi connectivity index (χ2v) is 4.50. The van der Waals surface area contributed by atoms with Gasteiger partial charge in [-0.2, -0.15) is 0 Å². The largest absolute Gasteiger partial charge is 0.393 e. The van der Waals surface area contributed by atoms with Gasteiger partial charge in [0, 0.05) is 6.54 Å². The number of hydrogen-bond donors (Lipinski definition) is 1. The zero-order valence-corrected chi connectivity index (χ0v) is 10.8. The Morgan fingerprint density at radius 2 is 2.31 bits per heavy atom. The summed E-state index contributed by atoms with van der Waals surface area (Å²) in [5.41, 5.74) is 5.59. The molecule has 5 heteroatoms. The molecule has 16 heavy (non-hydrogen) atoms. The van der Waals surface area contributed by atoms with Gasteiger partial charge in [0.1, 0.15) is 0 Å². The number of carbonyl (C=O) groups excluding carboxylic acids is 1. The van der Waals surface area contributed by atoms with Crippen LogP contribution in [0.4, 0.5) is 0 Å². The van der Waals surface area contributed by atoms with E-state index in [9.17, 15) is 4.79 Å². The van der Waals surface area contributed by atoms with E-state index in [2.05, 4.69) is 6.92 Å². The molecule has 1 rings (SSSR count). The van der Waals surface area contributed by atoms with Crippen molar-refractivity contribution >= 4 is 23.1 Å². The second kappa shape index (κ2) is 6.15. The van der Waals surface area contributed by atoms with Crippen LogP contribution in [0.1, 0.15) is 26.7 Å². The first-order valence-electron chi connectivity index (χ1n) is 5.79. The van der Waals surface area contributed by atoms with E-state index in [4.69, 9.17) is 22.7 Å². The molecule has 0 bridgehead atoms. The Labute approximate surface area is 102 Å². The van der Waals surface area contributed by atoms with Gasteiger partial charge in [-0.25, -0.2) is 0 Å². The highest BCUT2D eigenvalue weighted by Crippen LogP contribution is 2.16. The summed E-state index contributed by atoms with van der Waals surface area (Å²) in [6.07, 6.45) is 1.57. The fraction of sp³-hybridized carbons (Fsp3) is 0.818.